The lowest BCUT2D eigenvalue weighted by Crippen LogP contribution is -2.35. The van der Waals surface area contributed by atoms with E-state index in [2.05, 4.69) is 20.7 Å². The highest BCUT2D eigenvalue weighted by molar-refractivity contribution is 9.10. The number of nitrogens with one attached hydrogen (secondary N) is 1. The Balaban J connectivity index is 2.02. The first-order chi connectivity index (χ1) is 8.99. The highest BCUT2D eigenvalue weighted by Crippen LogP contribution is 2.23. The molecule has 106 valence electrons. The molecule has 0 aliphatic carbocycles. The summed E-state index contributed by atoms with van der Waals surface area (Å²) in [6, 6.07) is 4.55. The summed E-state index contributed by atoms with van der Waals surface area (Å²) in [5.41, 5.74) is 6.15. The zero-order chi connectivity index (χ0) is 13.9. The van der Waals surface area contributed by atoms with E-state index in [9.17, 15) is 8.42 Å². The van der Waals surface area contributed by atoms with Crippen LogP contribution in [0.1, 0.15) is 19.3 Å². The minimum absolute atomic E-state index is 0.0271. The summed E-state index contributed by atoms with van der Waals surface area (Å²) in [6.45, 7) is 1.02. The second-order valence-corrected chi connectivity index (χ2v) is 7.15. The zero-order valence-corrected chi connectivity index (χ0v) is 12.8. The van der Waals surface area contributed by atoms with Gasteiger partial charge in [0.25, 0.3) is 0 Å². The molecule has 2 rings (SSSR count). The van der Waals surface area contributed by atoms with Gasteiger partial charge in [0, 0.05) is 23.3 Å². The third kappa shape index (κ3) is 3.92. The number of hydrogen-bond donors (Lipinski definition) is 2. The van der Waals surface area contributed by atoms with Crippen LogP contribution in [0.25, 0.3) is 0 Å². The van der Waals surface area contributed by atoms with Gasteiger partial charge in [-0.2, -0.15) is 0 Å². The lowest BCUT2D eigenvalue weighted by molar-refractivity contribution is 0.0200. The summed E-state index contributed by atoms with van der Waals surface area (Å²) in [6.07, 6.45) is 3.00. The molecule has 0 amide bonds. The van der Waals surface area contributed by atoms with E-state index in [-0.39, 0.29) is 11.0 Å². The van der Waals surface area contributed by atoms with E-state index in [4.69, 9.17) is 10.5 Å². The maximum absolute atomic E-state index is 12.1. The first-order valence-electron chi connectivity index (χ1n) is 6.15. The van der Waals surface area contributed by atoms with Crippen molar-refractivity contribution in [1.29, 1.82) is 0 Å². The number of benzene rings is 1. The molecule has 1 aliphatic rings. The van der Waals surface area contributed by atoms with Gasteiger partial charge in [-0.25, -0.2) is 13.1 Å². The van der Waals surface area contributed by atoms with Crippen LogP contribution in [0.2, 0.25) is 0 Å². The summed E-state index contributed by atoms with van der Waals surface area (Å²) >= 11 is 3.22. The van der Waals surface area contributed by atoms with Crippen molar-refractivity contribution in [2.45, 2.75) is 30.3 Å². The molecule has 0 spiro atoms. The van der Waals surface area contributed by atoms with Gasteiger partial charge in [-0.1, -0.05) is 0 Å². The van der Waals surface area contributed by atoms with Crippen molar-refractivity contribution in [2.75, 3.05) is 18.9 Å². The fourth-order valence-corrected chi connectivity index (χ4v) is 3.55. The molecular formula is C12H17BrN2O3S. The third-order valence-corrected chi connectivity index (χ3v) is 5.17. The normalized spacial score (nSPS) is 20.4. The Morgan fingerprint density at radius 1 is 1.42 bits per heavy atom. The van der Waals surface area contributed by atoms with Gasteiger partial charge in [0.1, 0.15) is 0 Å². The SMILES string of the molecule is Nc1ccc(S(=O)(=O)NCC2CCCCO2)cc1Br. The third-order valence-electron chi connectivity index (χ3n) is 3.06. The predicted octanol–water partition coefficient (Wildman–Crippen LogP) is 1.88. The molecule has 1 aliphatic heterocycles. The van der Waals surface area contributed by atoms with Gasteiger partial charge in [0.05, 0.1) is 11.0 Å². The Morgan fingerprint density at radius 2 is 2.21 bits per heavy atom. The average Bonchev–Trinajstić information content (AvgIpc) is 2.41. The molecule has 0 aromatic heterocycles. The maximum atomic E-state index is 12.1. The molecule has 1 aromatic rings. The molecule has 3 N–H and O–H groups in total. The number of ether oxygens (including phenoxy) is 1. The van der Waals surface area contributed by atoms with E-state index < -0.39 is 10.0 Å². The van der Waals surface area contributed by atoms with Crippen molar-refractivity contribution in [3.05, 3.63) is 22.7 Å². The molecular weight excluding hydrogens is 332 g/mol. The minimum Gasteiger partial charge on any atom is -0.398 e. The number of halogens is 1. The molecule has 0 saturated carbocycles. The second-order valence-electron chi connectivity index (χ2n) is 4.52. The van der Waals surface area contributed by atoms with Gasteiger partial charge in [0.15, 0.2) is 0 Å². The maximum Gasteiger partial charge on any atom is 0.240 e. The Morgan fingerprint density at radius 3 is 2.84 bits per heavy atom. The van der Waals surface area contributed by atoms with E-state index in [1.807, 2.05) is 0 Å². The lowest BCUT2D eigenvalue weighted by Gasteiger charge is -2.22. The molecule has 1 aromatic carbocycles. The van der Waals surface area contributed by atoms with Crippen molar-refractivity contribution in [2.24, 2.45) is 0 Å². The summed E-state index contributed by atoms with van der Waals surface area (Å²) in [4.78, 5) is 0.199. The summed E-state index contributed by atoms with van der Waals surface area (Å²) < 4.78 is 32.9. The number of hydrogen-bond acceptors (Lipinski definition) is 4. The van der Waals surface area contributed by atoms with Crippen LogP contribution < -0.4 is 10.5 Å². The molecule has 1 fully saturated rings. The molecule has 1 heterocycles. The minimum atomic E-state index is -3.51. The number of anilines is 1. The molecule has 0 radical (unpaired) electrons. The fourth-order valence-electron chi connectivity index (χ4n) is 1.93. The zero-order valence-electron chi connectivity index (χ0n) is 10.4. The number of nitrogens with two attached hydrogens (primary N) is 1. The molecule has 1 saturated heterocycles. The monoisotopic (exact) mass is 348 g/mol. The van der Waals surface area contributed by atoms with Crippen LogP contribution in [0.15, 0.2) is 27.6 Å². The highest BCUT2D eigenvalue weighted by Gasteiger charge is 2.19. The van der Waals surface area contributed by atoms with E-state index in [0.29, 0.717) is 23.3 Å². The van der Waals surface area contributed by atoms with Crippen molar-refractivity contribution in [3.63, 3.8) is 0 Å². The summed E-state index contributed by atoms with van der Waals surface area (Å²) in [7, 11) is -3.51. The topological polar surface area (TPSA) is 81.4 Å². The van der Waals surface area contributed by atoms with Crippen molar-refractivity contribution >= 4 is 31.6 Å². The van der Waals surface area contributed by atoms with E-state index in [1.54, 1.807) is 6.07 Å². The van der Waals surface area contributed by atoms with E-state index >= 15 is 0 Å². The van der Waals surface area contributed by atoms with Gasteiger partial charge in [-0.15, -0.1) is 0 Å². The van der Waals surface area contributed by atoms with Crippen LogP contribution in [0.3, 0.4) is 0 Å². The molecule has 0 bridgehead atoms. The quantitative estimate of drug-likeness (QED) is 0.814. The molecule has 5 nitrogen and oxygen atoms in total. The Labute approximate surface area is 121 Å². The van der Waals surface area contributed by atoms with Gasteiger partial charge in [-0.3, -0.25) is 0 Å². The smallest absolute Gasteiger partial charge is 0.240 e. The van der Waals surface area contributed by atoms with Crippen LogP contribution in [-0.4, -0.2) is 27.7 Å². The Kier molecular flexibility index (Phi) is 4.83. The van der Waals surface area contributed by atoms with Crippen molar-refractivity contribution in [3.8, 4) is 0 Å². The predicted molar refractivity (Wildman–Crippen MR) is 77.3 cm³/mol. The summed E-state index contributed by atoms with van der Waals surface area (Å²) in [5.74, 6) is 0. The first-order valence-corrected chi connectivity index (χ1v) is 8.43. The fraction of sp³-hybridized carbons (Fsp3) is 0.500. The van der Waals surface area contributed by atoms with Gasteiger partial charge in [-0.05, 0) is 53.4 Å². The molecule has 7 heteroatoms. The number of sulfonamides is 1. The Bertz CT molecular complexity index is 542. The average molecular weight is 349 g/mol. The summed E-state index contributed by atoms with van der Waals surface area (Å²) in [5, 5.41) is 0. The van der Waals surface area contributed by atoms with Crippen LogP contribution in [0, 0.1) is 0 Å². The molecule has 19 heavy (non-hydrogen) atoms. The van der Waals surface area contributed by atoms with Crippen LogP contribution in [0.4, 0.5) is 5.69 Å². The van der Waals surface area contributed by atoms with Crippen molar-refractivity contribution in [1.82, 2.24) is 4.72 Å². The second kappa shape index (κ2) is 6.21. The van der Waals surface area contributed by atoms with Crippen LogP contribution in [-0.2, 0) is 14.8 Å². The van der Waals surface area contributed by atoms with Crippen LogP contribution >= 0.6 is 15.9 Å². The largest absolute Gasteiger partial charge is 0.398 e. The lowest BCUT2D eigenvalue weighted by atomic mass is 10.1. The number of rotatable bonds is 4. The number of nitrogen functional groups attached to an aromatic ring is 1. The van der Waals surface area contributed by atoms with E-state index in [1.165, 1.54) is 12.1 Å². The van der Waals surface area contributed by atoms with Gasteiger partial charge < -0.3 is 10.5 Å². The molecule has 1 atom stereocenters. The Hall–Kier alpha value is -0.630. The highest BCUT2D eigenvalue weighted by atomic mass is 79.9. The standard InChI is InChI=1S/C12H17BrN2O3S/c13-11-7-10(4-5-12(11)14)19(16,17)15-8-9-3-1-2-6-18-9/h4-5,7,9,15H,1-3,6,8,14H2. The first kappa shape index (κ1) is 14.8. The molecule has 1 unspecified atom stereocenters. The van der Waals surface area contributed by atoms with Gasteiger partial charge in [0.2, 0.25) is 10.0 Å². The van der Waals surface area contributed by atoms with Gasteiger partial charge >= 0.3 is 0 Å². The van der Waals surface area contributed by atoms with E-state index in [0.717, 1.165) is 19.3 Å². The van der Waals surface area contributed by atoms with Crippen LogP contribution in [0.5, 0.6) is 0 Å². The van der Waals surface area contributed by atoms with Crippen molar-refractivity contribution < 1.29 is 13.2 Å².